The first-order valence-electron chi connectivity index (χ1n) is 5.55. The number of aromatic nitrogens is 2. The predicted molar refractivity (Wildman–Crippen MR) is 69.1 cm³/mol. The highest BCUT2D eigenvalue weighted by Gasteiger charge is 2.14. The summed E-state index contributed by atoms with van der Waals surface area (Å²) in [5, 5.41) is 19.8. The molecule has 0 aliphatic carbocycles. The van der Waals surface area contributed by atoms with Crippen LogP contribution >= 0.6 is 0 Å². The van der Waals surface area contributed by atoms with Crippen molar-refractivity contribution in [1.82, 2.24) is 10.2 Å². The Kier molecular flexibility index (Phi) is 3.28. The Labute approximate surface area is 108 Å². The Balaban J connectivity index is 2.23. The number of carbonyl (C=O) groups is 1. The topological polar surface area (TPSA) is 101 Å². The largest absolute Gasteiger partial charge is 0.307 e. The molecular weight excluding hydrogens is 248 g/mol. The Hall–Kier alpha value is -2.70. The van der Waals surface area contributed by atoms with Gasteiger partial charge < -0.3 is 5.32 Å². The lowest BCUT2D eigenvalue weighted by atomic mass is 10.1. The van der Waals surface area contributed by atoms with Crippen molar-refractivity contribution in [1.29, 1.82) is 0 Å². The van der Waals surface area contributed by atoms with Crippen LogP contribution < -0.4 is 5.32 Å². The second-order valence-corrected chi connectivity index (χ2v) is 4.14. The van der Waals surface area contributed by atoms with Gasteiger partial charge in [-0.3, -0.25) is 20.0 Å². The van der Waals surface area contributed by atoms with Crippen LogP contribution in [-0.4, -0.2) is 21.0 Å². The lowest BCUT2D eigenvalue weighted by Gasteiger charge is -2.05. The van der Waals surface area contributed by atoms with Crippen LogP contribution in [0, 0.1) is 24.0 Å². The molecule has 1 aromatic heterocycles. The average molecular weight is 260 g/mol. The standard InChI is InChI=1S/C12H12N4O3/c1-7-5-9(3-4-10(7)16(18)19)12(17)14-11-8(2)6-13-15-11/h3-6H,1-2H3,(H2,13,14,15,17). The van der Waals surface area contributed by atoms with Gasteiger partial charge in [-0.05, 0) is 26.0 Å². The van der Waals surface area contributed by atoms with E-state index in [-0.39, 0.29) is 11.6 Å². The molecule has 0 aliphatic heterocycles. The molecule has 19 heavy (non-hydrogen) atoms. The Morgan fingerprint density at radius 3 is 2.63 bits per heavy atom. The maximum absolute atomic E-state index is 12.0. The molecule has 7 heteroatoms. The molecule has 7 nitrogen and oxygen atoms in total. The van der Waals surface area contributed by atoms with Gasteiger partial charge >= 0.3 is 0 Å². The molecule has 0 saturated carbocycles. The van der Waals surface area contributed by atoms with E-state index >= 15 is 0 Å². The van der Waals surface area contributed by atoms with Gasteiger partial charge in [0, 0.05) is 22.8 Å². The summed E-state index contributed by atoms with van der Waals surface area (Å²) in [7, 11) is 0. The van der Waals surface area contributed by atoms with Crippen molar-refractivity contribution in [3.63, 3.8) is 0 Å². The molecule has 0 spiro atoms. The fourth-order valence-corrected chi connectivity index (χ4v) is 1.66. The van der Waals surface area contributed by atoms with E-state index < -0.39 is 4.92 Å². The highest BCUT2D eigenvalue weighted by atomic mass is 16.6. The number of aryl methyl sites for hydroxylation is 2. The zero-order valence-corrected chi connectivity index (χ0v) is 10.4. The number of aromatic amines is 1. The number of hydrogen-bond donors (Lipinski definition) is 2. The normalized spacial score (nSPS) is 10.2. The van der Waals surface area contributed by atoms with E-state index in [0.29, 0.717) is 16.9 Å². The minimum absolute atomic E-state index is 0.00530. The maximum Gasteiger partial charge on any atom is 0.272 e. The van der Waals surface area contributed by atoms with Crippen molar-refractivity contribution in [2.45, 2.75) is 13.8 Å². The number of nitrogens with one attached hydrogen (secondary N) is 2. The van der Waals surface area contributed by atoms with E-state index in [4.69, 9.17) is 0 Å². The first-order chi connectivity index (χ1) is 8.99. The van der Waals surface area contributed by atoms with Gasteiger partial charge in [0.05, 0.1) is 11.1 Å². The van der Waals surface area contributed by atoms with Crippen LogP contribution in [0.25, 0.3) is 0 Å². The lowest BCUT2D eigenvalue weighted by Crippen LogP contribution is -2.13. The average Bonchev–Trinajstić information content (AvgIpc) is 2.74. The third-order valence-electron chi connectivity index (χ3n) is 2.72. The van der Waals surface area contributed by atoms with Crippen molar-refractivity contribution < 1.29 is 9.72 Å². The number of nitrogens with zero attached hydrogens (tertiary/aromatic N) is 2. The summed E-state index contributed by atoms with van der Waals surface area (Å²) in [6.45, 7) is 3.40. The van der Waals surface area contributed by atoms with Crippen LogP contribution in [0.15, 0.2) is 24.4 Å². The van der Waals surface area contributed by atoms with E-state index in [2.05, 4.69) is 15.5 Å². The molecule has 0 aliphatic rings. The third-order valence-corrected chi connectivity index (χ3v) is 2.72. The van der Waals surface area contributed by atoms with Gasteiger partial charge in [0.1, 0.15) is 5.82 Å². The van der Waals surface area contributed by atoms with Crippen molar-refractivity contribution in [3.05, 3.63) is 51.2 Å². The molecule has 0 atom stereocenters. The molecule has 0 radical (unpaired) electrons. The fraction of sp³-hybridized carbons (Fsp3) is 0.167. The number of amides is 1. The first kappa shape index (κ1) is 12.7. The van der Waals surface area contributed by atoms with Crippen LogP contribution in [0.3, 0.4) is 0 Å². The zero-order chi connectivity index (χ0) is 14.0. The first-order valence-corrected chi connectivity index (χ1v) is 5.55. The van der Waals surface area contributed by atoms with Crippen molar-refractivity contribution in [3.8, 4) is 0 Å². The number of rotatable bonds is 3. The number of anilines is 1. The summed E-state index contributed by atoms with van der Waals surface area (Å²) >= 11 is 0. The third kappa shape index (κ3) is 2.59. The molecule has 2 N–H and O–H groups in total. The molecule has 0 saturated heterocycles. The summed E-state index contributed by atoms with van der Waals surface area (Å²) in [4.78, 5) is 22.2. The number of carbonyl (C=O) groups excluding carboxylic acids is 1. The smallest absolute Gasteiger partial charge is 0.272 e. The number of hydrogen-bond acceptors (Lipinski definition) is 4. The predicted octanol–water partition coefficient (Wildman–Crippen LogP) is 2.19. The Morgan fingerprint density at radius 2 is 2.11 bits per heavy atom. The van der Waals surface area contributed by atoms with Crippen molar-refractivity contribution >= 4 is 17.4 Å². The van der Waals surface area contributed by atoms with Gasteiger partial charge in [-0.1, -0.05) is 0 Å². The van der Waals surface area contributed by atoms with Crippen molar-refractivity contribution in [2.24, 2.45) is 0 Å². The second kappa shape index (κ2) is 4.89. The van der Waals surface area contributed by atoms with Crippen LogP contribution in [0.1, 0.15) is 21.5 Å². The summed E-state index contributed by atoms with van der Waals surface area (Å²) < 4.78 is 0. The van der Waals surface area contributed by atoms with E-state index in [1.165, 1.54) is 18.2 Å². The minimum atomic E-state index is -0.476. The monoisotopic (exact) mass is 260 g/mol. The van der Waals surface area contributed by atoms with Gasteiger partial charge in [-0.15, -0.1) is 0 Å². The van der Waals surface area contributed by atoms with E-state index in [9.17, 15) is 14.9 Å². The van der Waals surface area contributed by atoms with Crippen LogP contribution in [0.2, 0.25) is 0 Å². The molecule has 2 rings (SSSR count). The molecule has 1 amide bonds. The van der Waals surface area contributed by atoms with Crippen LogP contribution in [0.4, 0.5) is 11.5 Å². The molecular formula is C12H12N4O3. The van der Waals surface area contributed by atoms with Gasteiger partial charge in [0.15, 0.2) is 0 Å². The molecule has 2 aromatic rings. The minimum Gasteiger partial charge on any atom is -0.307 e. The number of nitro benzene ring substituents is 1. The van der Waals surface area contributed by atoms with Crippen LogP contribution in [-0.2, 0) is 0 Å². The Morgan fingerprint density at radius 1 is 1.37 bits per heavy atom. The summed E-state index contributed by atoms with van der Waals surface area (Å²) in [5.74, 6) is 0.173. The summed E-state index contributed by atoms with van der Waals surface area (Å²) in [6, 6.07) is 4.23. The molecule has 0 fully saturated rings. The van der Waals surface area contributed by atoms with Gasteiger partial charge in [0.25, 0.3) is 11.6 Å². The maximum atomic E-state index is 12.0. The van der Waals surface area contributed by atoms with Crippen LogP contribution in [0.5, 0.6) is 0 Å². The van der Waals surface area contributed by atoms with E-state index in [0.717, 1.165) is 5.56 Å². The highest BCUT2D eigenvalue weighted by Crippen LogP contribution is 2.19. The number of nitro groups is 1. The number of H-pyrrole nitrogens is 1. The molecule has 1 aromatic carbocycles. The summed E-state index contributed by atoms with van der Waals surface area (Å²) in [6.07, 6.45) is 1.59. The van der Waals surface area contributed by atoms with Gasteiger partial charge in [-0.25, -0.2) is 0 Å². The lowest BCUT2D eigenvalue weighted by molar-refractivity contribution is -0.385. The molecule has 1 heterocycles. The quantitative estimate of drug-likeness (QED) is 0.652. The zero-order valence-electron chi connectivity index (χ0n) is 10.4. The molecule has 0 unspecified atom stereocenters. The van der Waals surface area contributed by atoms with Crippen molar-refractivity contribution in [2.75, 3.05) is 5.32 Å². The fourth-order valence-electron chi connectivity index (χ4n) is 1.66. The van der Waals surface area contributed by atoms with Gasteiger partial charge in [0.2, 0.25) is 0 Å². The van der Waals surface area contributed by atoms with Gasteiger partial charge in [-0.2, -0.15) is 5.10 Å². The number of benzene rings is 1. The summed E-state index contributed by atoms with van der Waals surface area (Å²) in [5.41, 5.74) is 1.61. The second-order valence-electron chi connectivity index (χ2n) is 4.14. The van der Waals surface area contributed by atoms with E-state index in [1.54, 1.807) is 20.0 Å². The Bertz CT molecular complexity index is 648. The molecule has 0 bridgehead atoms. The highest BCUT2D eigenvalue weighted by molar-refractivity contribution is 6.04. The SMILES string of the molecule is Cc1cc(C(=O)Nc2[nH]ncc2C)ccc1[N+](=O)[O-]. The molecule has 98 valence electrons. The van der Waals surface area contributed by atoms with E-state index in [1.807, 2.05) is 0 Å².